The fraction of sp³-hybridized carbons (Fsp3) is 0.750. The first-order valence-electron chi connectivity index (χ1n) is 7.18. The molecule has 1 atom stereocenters. The molecule has 0 saturated carbocycles. The molecule has 10 heteroatoms. The van der Waals surface area contributed by atoms with Gasteiger partial charge in [0.15, 0.2) is 0 Å². The van der Waals surface area contributed by atoms with Crippen LogP contribution in [0.15, 0.2) is 12.3 Å². The molecule has 0 aliphatic carbocycles. The van der Waals surface area contributed by atoms with Gasteiger partial charge in [-0.25, -0.2) is 21.6 Å². The number of nitrogens with zero attached hydrogens (tertiary/aromatic N) is 3. The Morgan fingerprint density at radius 3 is 2.73 bits per heavy atom. The van der Waals surface area contributed by atoms with E-state index in [0.29, 0.717) is 25.9 Å². The molecule has 0 saturated heterocycles. The summed E-state index contributed by atoms with van der Waals surface area (Å²) in [5.41, 5.74) is 0.829. The molecule has 1 aromatic rings. The maximum absolute atomic E-state index is 12.3. The molecule has 2 heterocycles. The van der Waals surface area contributed by atoms with Gasteiger partial charge in [0.25, 0.3) is 0 Å². The lowest BCUT2D eigenvalue weighted by molar-refractivity contribution is 0.256. The zero-order chi connectivity index (χ0) is 16.4. The smallest absolute Gasteiger partial charge is 0.214 e. The summed E-state index contributed by atoms with van der Waals surface area (Å²) in [4.78, 5) is 0. The van der Waals surface area contributed by atoms with Gasteiger partial charge in [0.05, 0.1) is 30.3 Å². The summed E-state index contributed by atoms with van der Waals surface area (Å²) in [6, 6.07) is 1.63. The van der Waals surface area contributed by atoms with E-state index in [9.17, 15) is 16.8 Å². The molecule has 1 aliphatic rings. The Morgan fingerprint density at radius 1 is 1.36 bits per heavy atom. The van der Waals surface area contributed by atoms with Crippen LogP contribution in [0.25, 0.3) is 0 Å². The van der Waals surface area contributed by atoms with Crippen LogP contribution >= 0.6 is 0 Å². The second-order valence-electron chi connectivity index (χ2n) is 5.48. The van der Waals surface area contributed by atoms with Gasteiger partial charge in [-0.2, -0.15) is 9.40 Å². The standard InChI is InChI=1S/C12H22N4O4S2/c1-3-8-22(19,20)15-9-11-4-6-13-16(11)12(10-15)5-7-14-21(2,17)18/h4,6,12,14H,3,5,7-10H2,1-2H3/t12-/m0/s1. The van der Waals surface area contributed by atoms with E-state index in [0.717, 1.165) is 11.9 Å². The summed E-state index contributed by atoms with van der Waals surface area (Å²) in [5.74, 6) is 0.120. The highest BCUT2D eigenvalue weighted by Crippen LogP contribution is 2.25. The first kappa shape index (κ1) is 17.4. The van der Waals surface area contributed by atoms with Crippen LogP contribution in [-0.2, 0) is 26.6 Å². The lowest BCUT2D eigenvalue weighted by atomic mass is 10.1. The zero-order valence-corrected chi connectivity index (χ0v) is 14.4. The lowest BCUT2D eigenvalue weighted by Crippen LogP contribution is -2.43. The van der Waals surface area contributed by atoms with E-state index in [1.54, 1.807) is 16.9 Å². The second kappa shape index (κ2) is 6.65. The van der Waals surface area contributed by atoms with Gasteiger partial charge in [0.2, 0.25) is 20.0 Å². The van der Waals surface area contributed by atoms with E-state index in [1.165, 1.54) is 4.31 Å². The molecule has 1 aromatic heterocycles. The number of hydrogen-bond acceptors (Lipinski definition) is 5. The van der Waals surface area contributed by atoms with Crippen molar-refractivity contribution in [3.05, 3.63) is 18.0 Å². The van der Waals surface area contributed by atoms with Crippen LogP contribution in [0.5, 0.6) is 0 Å². The molecule has 0 aromatic carbocycles. The van der Waals surface area contributed by atoms with E-state index in [2.05, 4.69) is 9.82 Å². The van der Waals surface area contributed by atoms with Crippen molar-refractivity contribution in [2.45, 2.75) is 32.4 Å². The van der Waals surface area contributed by atoms with Gasteiger partial charge >= 0.3 is 0 Å². The molecule has 0 radical (unpaired) electrons. The lowest BCUT2D eigenvalue weighted by Gasteiger charge is -2.33. The Bertz CT molecular complexity index is 711. The summed E-state index contributed by atoms with van der Waals surface area (Å²) in [5, 5.41) is 4.23. The quantitative estimate of drug-likeness (QED) is 0.741. The summed E-state index contributed by atoms with van der Waals surface area (Å²) >= 11 is 0. The van der Waals surface area contributed by atoms with Crippen LogP contribution in [0.1, 0.15) is 31.5 Å². The van der Waals surface area contributed by atoms with E-state index >= 15 is 0 Å². The summed E-state index contributed by atoms with van der Waals surface area (Å²) in [6.07, 6.45) is 3.80. The third kappa shape index (κ3) is 4.28. The maximum Gasteiger partial charge on any atom is 0.214 e. The topological polar surface area (TPSA) is 101 Å². The van der Waals surface area contributed by atoms with Gasteiger partial charge in [-0.3, -0.25) is 4.68 Å². The number of nitrogens with one attached hydrogen (secondary N) is 1. The van der Waals surface area contributed by atoms with Crippen LogP contribution in [-0.4, -0.2) is 56.0 Å². The second-order valence-corrected chi connectivity index (χ2v) is 9.41. The predicted molar refractivity (Wildman–Crippen MR) is 83.2 cm³/mol. The Hall–Kier alpha value is -0.970. The van der Waals surface area contributed by atoms with Gasteiger partial charge in [0.1, 0.15) is 0 Å². The Morgan fingerprint density at radius 2 is 2.09 bits per heavy atom. The number of rotatable bonds is 7. The van der Waals surface area contributed by atoms with Crippen molar-refractivity contribution < 1.29 is 16.8 Å². The SMILES string of the molecule is CCCS(=O)(=O)N1Cc2ccnn2[C@@H](CCNS(C)(=O)=O)C1. The molecular formula is C12H22N4O4S2. The van der Waals surface area contributed by atoms with E-state index in [1.807, 2.05) is 6.92 Å². The summed E-state index contributed by atoms with van der Waals surface area (Å²) in [7, 11) is -6.54. The van der Waals surface area contributed by atoms with Crippen molar-refractivity contribution in [1.29, 1.82) is 0 Å². The van der Waals surface area contributed by atoms with Gasteiger partial charge in [-0.15, -0.1) is 0 Å². The van der Waals surface area contributed by atoms with Crippen LogP contribution in [0.3, 0.4) is 0 Å². The van der Waals surface area contributed by atoms with Crippen molar-refractivity contribution in [1.82, 2.24) is 18.8 Å². The first-order valence-corrected chi connectivity index (χ1v) is 10.7. The number of hydrogen-bond donors (Lipinski definition) is 1. The minimum absolute atomic E-state index is 0.120. The first-order chi connectivity index (χ1) is 10.2. The largest absolute Gasteiger partial charge is 0.264 e. The van der Waals surface area contributed by atoms with Crippen LogP contribution in [0.2, 0.25) is 0 Å². The number of fused-ring (bicyclic) bond motifs is 1. The third-order valence-corrected chi connectivity index (χ3v) is 6.27. The highest BCUT2D eigenvalue weighted by Gasteiger charge is 2.31. The number of sulfonamides is 2. The van der Waals surface area contributed by atoms with Gasteiger partial charge < -0.3 is 0 Å². The van der Waals surface area contributed by atoms with Gasteiger partial charge in [-0.1, -0.05) is 6.92 Å². The molecule has 8 nitrogen and oxygen atoms in total. The van der Waals surface area contributed by atoms with Crippen molar-refractivity contribution in [3.8, 4) is 0 Å². The molecule has 0 fully saturated rings. The molecule has 1 N–H and O–H groups in total. The number of aromatic nitrogens is 2. The van der Waals surface area contributed by atoms with Crippen LogP contribution < -0.4 is 4.72 Å². The fourth-order valence-electron chi connectivity index (χ4n) is 2.58. The van der Waals surface area contributed by atoms with E-state index in [-0.39, 0.29) is 18.3 Å². The molecule has 22 heavy (non-hydrogen) atoms. The zero-order valence-electron chi connectivity index (χ0n) is 12.8. The summed E-state index contributed by atoms with van der Waals surface area (Å²) < 4.78 is 52.5. The molecule has 0 amide bonds. The van der Waals surface area contributed by atoms with Crippen LogP contribution in [0, 0.1) is 0 Å². The molecular weight excluding hydrogens is 328 g/mol. The highest BCUT2D eigenvalue weighted by molar-refractivity contribution is 7.89. The van der Waals surface area contributed by atoms with E-state index in [4.69, 9.17) is 0 Å². The highest BCUT2D eigenvalue weighted by atomic mass is 32.2. The molecule has 2 rings (SSSR count). The fourth-order valence-corrected chi connectivity index (χ4v) is 4.57. The Balaban J connectivity index is 2.13. The molecule has 0 bridgehead atoms. The average molecular weight is 350 g/mol. The van der Waals surface area contributed by atoms with Crippen LogP contribution in [0.4, 0.5) is 0 Å². The molecule has 0 spiro atoms. The summed E-state index contributed by atoms with van der Waals surface area (Å²) in [6.45, 7) is 2.73. The maximum atomic E-state index is 12.3. The monoisotopic (exact) mass is 350 g/mol. The van der Waals surface area contributed by atoms with Crippen molar-refractivity contribution in [2.75, 3.05) is 25.1 Å². The molecule has 1 aliphatic heterocycles. The minimum Gasteiger partial charge on any atom is -0.264 e. The van der Waals surface area contributed by atoms with Gasteiger partial charge in [-0.05, 0) is 18.9 Å². The minimum atomic E-state index is -3.29. The van der Waals surface area contributed by atoms with E-state index < -0.39 is 20.0 Å². The third-order valence-electron chi connectivity index (χ3n) is 3.55. The predicted octanol–water partition coefficient (Wildman–Crippen LogP) is -0.0811. The average Bonchev–Trinajstić information content (AvgIpc) is 2.85. The van der Waals surface area contributed by atoms with Crippen molar-refractivity contribution in [3.63, 3.8) is 0 Å². The Kier molecular flexibility index (Phi) is 5.25. The Labute approximate surface area is 131 Å². The van der Waals surface area contributed by atoms with Crippen molar-refractivity contribution >= 4 is 20.0 Å². The van der Waals surface area contributed by atoms with Crippen molar-refractivity contribution in [2.24, 2.45) is 0 Å². The van der Waals surface area contributed by atoms with Gasteiger partial charge in [0, 0.05) is 19.3 Å². The molecule has 0 unspecified atom stereocenters. The molecule has 126 valence electrons. The normalized spacial score (nSPS) is 20.0.